The van der Waals surface area contributed by atoms with Crippen molar-refractivity contribution in [3.8, 4) is 22.8 Å². The zero-order valence-electron chi connectivity index (χ0n) is 19.7. The topological polar surface area (TPSA) is 68.7 Å². The second kappa shape index (κ2) is 11.3. The number of hydrogen-bond acceptors (Lipinski definition) is 5. The lowest BCUT2D eigenvalue weighted by Crippen LogP contribution is -2.10. The van der Waals surface area contributed by atoms with E-state index in [1.807, 2.05) is 42.5 Å². The summed E-state index contributed by atoms with van der Waals surface area (Å²) in [5, 5.41) is 9.42. The standard InChI is InChI=1S/C28H22F3NO4S/c1-18-15-22(12-13-23(18)36-17-26(33)34)35-16-25-32-27(20-8-10-21(11-9-20)28(29,30)31)24(37-25)14-7-19-5-3-2-4-6-19/h2-15H,16-17H2,1H3,(H,33,34)/b14-7+. The maximum atomic E-state index is 13.0. The molecule has 4 aromatic rings. The second-order valence-electron chi connectivity index (χ2n) is 8.04. The number of aromatic nitrogens is 1. The number of halogens is 3. The van der Waals surface area contributed by atoms with Crippen LogP contribution in [0.3, 0.4) is 0 Å². The Morgan fingerprint density at radius 2 is 1.73 bits per heavy atom. The van der Waals surface area contributed by atoms with Crippen LogP contribution in [0.25, 0.3) is 23.4 Å². The lowest BCUT2D eigenvalue weighted by atomic mass is 10.1. The van der Waals surface area contributed by atoms with Gasteiger partial charge in [0.2, 0.25) is 0 Å². The minimum absolute atomic E-state index is 0.145. The van der Waals surface area contributed by atoms with Crippen molar-refractivity contribution >= 4 is 29.5 Å². The third-order valence-electron chi connectivity index (χ3n) is 5.27. The third-order valence-corrected chi connectivity index (χ3v) is 6.26. The largest absolute Gasteiger partial charge is 0.486 e. The van der Waals surface area contributed by atoms with Crippen molar-refractivity contribution in [1.82, 2.24) is 4.98 Å². The molecular formula is C28H22F3NO4S. The van der Waals surface area contributed by atoms with Gasteiger partial charge in [0.05, 0.1) is 16.1 Å². The summed E-state index contributed by atoms with van der Waals surface area (Å²) in [6.07, 6.45) is -0.602. The van der Waals surface area contributed by atoms with Gasteiger partial charge < -0.3 is 14.6 Å². The molecule has 0 saturated heterocycles. The van der Waals surface area contributed by atoms with Crippen molar-refractivity contribution in [2.24, 2.45) is 0 Å². The number of aryl methyl sites for hydroxylation is 1. The summed E-state index contributed by atoms with van der Waals surface area (Å²) in [7, 11) is 0. The van der Waals surface area contributed by atoms with Crippen LogP contribution in [0.4, 0.5) is 13.2 Å². The number of ether oxygens (including phenoxy) is 2. The van der Waals surface area contributed by atoms with E-state index in [0.29, 0.717) is 27.8 Å². The molecule has 3 aromatic carbocycles. The van der Waals surface area contributed by atoms with Crippen molar-refractivity contribution in [3.05, 3.63) is 99.4 Å². The Bertz CT molecular complexity index is 1400. The van der Waals surface area contributed by atoms with E-state index < -0.39 is 24.3 Å². The molecule has 0 bridgehead atoms. The first-order valence-electron chi connectivity index (χ1n) is 11.2. The number of alkyl halides is 3. The molecule has 0 spiro atoms. The first kappa shape index (κ1) is 26.0. The van der Waals surface area contributed by atoms with E-state index in [-0.39, 0.29) is 6.61 Å². The van der Waals surface area contributed by atoms with Crippen LogP contribution in [-0.2, 0) is 17.6 Å². The summed E-state index contributed by atoms with van der Waals surface area (Å²) < 4.78 is 50.2. The monoisotopic (exact) mass is 525 g/mol. The molecule has 9 heteroatoms. The molecule has 5 nitrogen and oxygen atoms in total. The molecule has 0 unspecified atom stereocenters. The number of carboxylic acid groups (broad SMARTS) is 1. The number of carboxylic acids is 1. The fourth-order valence-corrected chi connectivity index (χ4v) is 4.38. The fourth-order valence-electron chi connectivity index (χ4n) is 3.47. The van der Waals surface area contributed by atoms with Gasteiger partial charge in [0, 0.05) is 5.56 Å². The van der Waals surface area contributed by atoms with Crippen molar-refractivity contribution in [2.75, 3.05) is 6.61 Å². The quantitative estimate of drug-likeness (QED) is 0.247. The van der Waals surface area contributed by atoms with Gasteiger partial charge in [-0.2, -0.15) is 13.2 Å². The van der Waals surface area contributed by atoms with Gasteiger partial charge in [-0.05, 0) is 54.5 Å². The number of thiazole rings is 1. The van der Waals surface area contributed by atoms with E-state index in [2.05, 4.69) is 4.98 Å². The van der Waals surface area contributed by atoms with E-state index in [9.17, 15) is 18.0 Å². The van der Waals surface area contributed by atoms with Gasteiger partial charge >= 0.3 is 12.1 Å². The highest BCUT2D eigenvalue weighted by Gasteiger charge is 2.30. The average Bonchev–Trinajstić information content (AvgIpc) is 3.29. The number of nitrogens with zero attached hydrogens (tertiary/aromatic N) is 1. The molecule has 4 rings (SSSR count). The Morgan fingerprint density at radius 1 is 1.00 bits per heavy atom. The summed E-state index contributed by atoms with van der Waals surface area (Å²) >= 11 is 1.39. The van der Waals surface area contributed by atoms with E-state index in [1.54, 1.807) is 25.1 Å². The van der Waals surface area contributed by atoms with Gasteiger partial charge in [0.1, 0.15) is 23.1 Å². The highest BCUT2D eigenvalue weighted by atomic mass is 32.1. The molecule has 0 aliphatic carbocycles. The maximum Gasteiger partial charge on any atom is 0.416 e. The lowest BCUT2D eigenvalue weighted by Gasteiger charge is -2.09. The van der Waals surface area contributed by atoms with Crippen molar-refractivity contribution < 1.29 is 32.5 Å². The number of carbonyl (C=O) groups is 1. The predicted molar refractivity (Wildman–Crippen MR) is 137 cm³/mol. The van der Waals surface area contributed by atoms with Gasteiger partial charge in [-0.25, -0.2) is 9.78 Å². The Morgan fingerprint density at radius 3 is 2.38 bits per heavy atom. The van der Waals surface area contributed by atoms with Crippen LogP contribution in [0.5, 0.6) is 11.5 Å². The minimum atomic E-state index is -4.41. The van der Waals surface area contributed by atoms with E-state index >= 15 is 0 Å². The van der Waals surface area contributed by atoms with Gasteiger partial charge in [-0.15, -0.1) is 11.3 Å². The zero-order chi connectivity index (χ0) is 26.4. The fraction of sp³-hybridized carbons (Fsp3) is 0.143. The van der Waals surface area contributed by atoms with Crippen molar-refractivity contribution in [3.63, 3.8) is 0 Å². The molecule has 0 aliphatic heterocycles. The van der Waals surface area contributed by atoms with Crippen LogP contribution in [-0.4, -0.2) is 22.7 Å². The molecule has 0 amide bonds. The molecule has 1 N–H and O–H groups in total. The Balaban J connectivity index is 1.57. The highest BCUT2D eigenvalue weighted by molar-refractivity contribution is 7.13. The number of rotatable bonds is 9. The Hall–Kier alpha value is -4.11. The lowest BCUT2D eigenvalue weighted by molar-refractivity contribution is -0.139. The van der Waals surface area contributed by atoms with Crippen LogP contribution >= 0.6 is 11.3 Å². The molecule has 37 heavy (non-hydrogen) atoms. The van der Waals surface area contributed by atoms with Gasteiger partial charge in [0.25, 0.3) is 0 Å². The van der Waals surface area contributed by atoms with Crippen LogP contribution in [0.15, 0.2) is 72.8 Å². The number of aliphatic carboxylic acids is 1. The summed E-state index contributed by atoms with van der Waals surface area (Å²) in [4.78, 5) is 16.2. The summed E-state index contributed by atoms with van der Waals surface area (Å²) in [6, 6.07) is 19.6. The molecule has 1 heterocycles. The average molecular weight is 526 g/mol. The van der Waals surface area contributed by atoms with Crippen LogP contribution < -0.4 is 9.47 Å². The molecule has 0 aliphatic rings. The summed E-state index contributed by atoms with van der Waals surface area (Å²) in [5.41, 5.74) is 2.11. The van der Waals surface area contributed by atoms with E-state index in [0.717, 1.165) is 28.1 Å². The SMILES string of the molecule is Cc1cc(OCc2nc(-c3ccc(C(F)(F)F)cc3)c(/C=C/c3ccccc3)s2)ccc1OCC(=O)O. The smallest absolute Gasteiger partial charge is 0.416 e. The first-order valence-corrected chi connectivity index (χ1v) is 12.0. The molecule has 190 valence electrons. The van der Waals surface area contributed by atoms with Crippen LogP contribution in [0.1, 0.15) is 26.6 Å². The second-order valence-corrected chi connectivity index (χ2v) is 9.15. The van der Waals surface area contributed by atoms with Gasteiger partial charge in [-0.3, -0.25) is 0 Å². The molecular weight excluding hydrogens is 503 g/mol. The minimum Gasteiger partial charge on any atom is -0.486 e. The first-order chi connectivity index (χ1) is 17.7. The van der Waals surface area contributed by atoms with Crippen LogP contribution in [0, 0.1) is 6.92 Å². The molecule has 0 atom stereocenters. The predicted octanol–water partition coefficient (Wildman–Crippen LogP) is 7.35. The molecule has 0 radical (unpaired) electrons. The summed E-state index contributed by atoms with van der Waals surface area (Å²) in [5.74, 6) is -0.0702. The molecule has 0 fully saturated rings. The number of hydrogen-bond donors (Lipinski definition) is 1. The number of benzene rings is 3. The van der Waals surface area contributed by atoms with E-state index in [4.69, 9.17) is 14.6 Å². The maximum absolute atomic E-state index is 13.0. The highest BCUT2D eigenvalue weighted by Crippen LogP contribution is 2.34. The van der Waals surface area contributed by atoms with Gasteiger partial charge in [-0.1, -0.05) is 48.5 Å². The Kier molecular flexibility index (Phi) is 7.93. The zero-order valence-corrected chi connectivity index (χ0v) is 20.5. The Labute approximate surface area is 215 Å². The molecule has 1 aromatic heterocycles. The summed E-state index contributed by atoms with van der Waals surface area (Å²) in [6.45, 7) is 1.49. The van der Waals surface area contributed by atoms with E-state index in [1.165, 1.54) is 23.5 Å². The third kappa shape index (κ3) is 6.98. The molecule has 0 saturated carbocycles. The van der Waals surface area contributed by atoms with Crippen molar-refractivity contribution in [1.29, 1.82) is 0 Å². The van der Waals surface area contributed by atoms with Gasteiger partial charge in [0.15, 0.2) is 6.61 Å². The van der Waals surface area contributed by atoms with Crippen LogP contribution in [0.2, 0.25) is 0 Å². The normalized spacial score (nSPS) is 11.6. The van der Waals surface area contributed by atoms with Crippen molar-refractivity contribution in [2.45, 2.75) is 19.7 Å².